The molecule has 2 aromatic rings. The van der Waals surface area contributed by atoms with Crippen molar-refractivity contribution in [1.82, 2.24) is 0 Å². The topological polar surface area (TPSA) is 107 Å². The first kappa shape index (κ1) is 19.6. The van der Waals surface area contributed by atoms with E-state index in [1.165, 1.54) is 30.3 Å². The predicted octanol–water partition coefficient (Wildman–Crippen LogP) is 3.01. The van der Waals surface area contributed by atoms with Gasteiger partial charge in [0.05, 0.1) is 4.90 Å². The van der Waals surface area contributed by atoms with Crippen molar-refractivity contribution in [2.45, 2.75) is 41.2 Å². The average molecular weight is 399 g/mol. The third kappa shape index (κ3) is 5.12. The molecule has 1 aromatic heterocycles. The molecular weight excluding hydrogens is 382 g/mol. The normalized spacial score (nSPS) is 13.2. The Morgan fingerprint density at radius 2 is 1.96 bits per heavy atom. The van der Waals surface area contributed by atoms with Crippen LogP contribution >= 0.6 is 11.3 Å². The SMILES string of the molecule is CC(C)(C)Oc1cc(CS(=O)[O-])cc(S(=O)(=O)c2ccc(C#N)s2)c1. The van der Waals surface area contributed by atoms with Crippen molar-refractivity contribution in [3.05, 3.63) is 40.8 Å². The Balaban J connectivity index is 2.56. The van der Waals surface area contributed by atoms with Crippen LogP contribution in [-0.4, -0.2) is 22.8 Å². The number of ether oxygens (including phenoxy) is 1. The van der Waals surface area contributed by atoms with E-state index < -0.39 is 26.5 Å². The zero-order chi connectivity index (χ0) is 18.8. The minimum Gasteiger partial charge on any atom is -0.772 e. The number of thiophene rings is 1. The second kappa shape index (κ2) is 7.25. The maximum absolute atomic E-state index is 12.8. The van der Waals surface area contributed by atoms with E-state index in [2.05, 4.69) is 0 Å². The van der Waals surface area contributed by atoms with Crippen molar-refractivity contribution in [1.29, 1.82) is 5.26 Å². The number of sulfone groups is 1. The smallest absolute Gasteiger partial charge is 0.216 e. The first-order valence-electron chi connectivity index (χ1n) is 7.15. The summed E-state index contributed by atoms with van der Waals surface area (Å²) in [6.07, 6.45) is 0. The number of hydrogen-bond acceptors (Lipinski definition) is 7. The number of nitrogens with zero attached hydrogens (tertiary/aromatic N) is 1. The molecule has 0 saturated heterocycles. The second-order valence-electron chi connectivity index (χ2n) is 6.21. The standard InChI is InChI=1S/C16H17NO5S3/c1-16(2,3)22-12-6-11(10-24(18)19)7-14(8-12)25(20,21)15-5-4-13(9-17)23-15/h4-8H,10H2,1-3H3,(H,18,19)/p-1. The zero-order valence-electron chi connectivity index (χ0n) is 13.8. The molecular formula is C16H16NO5S3-. The van der Waals surface area contributed by atoms with Gasteiger partial charge < -0.3 is 9.29 Å². The summed E-state index contributed by atoms with van der Waals surface area (Å²) in [6, 6.07) is 8.88. The lowest BCUT2D eigenvalue weighted by atomic mass is 10.2. The molecule has 0 aliphatic carbocycles. The van der Waals surface area contributed by atoms with Crippen molar-refractivity contribution >= 4 is 32.3 Å². The quantitative estimate of drug-likeness (QED) is 0.717. The summed E-state index contributed by atoms with van der Waals surface area (Å²) in [6.45, 7) is 5.41. The van der Waals surface area contributed by atoms with Crippen molar-refractivity contribution < 1.29 is 21.9 Å². The molecule has 0 amide bonds. The lowest BCUT2D eigenvalue weighted by molar-refractivity contribution is 0.130. The van der Waals surface area contributed by atoms with Gasteiger partial charge in [0.1, 0.15) is 26.5 Å². The van der Waals surface area contributed by atoms with E-state index in [0.717, 1.165) is 11.3 Å². The highest BCUT2D eigenvalue weighted by Gasteiger charge is 2.23. The summed E-state index contributed by atoms with van der Waals surface area (Å²) >= 11 is -1.50. The number of benzene rings is 1. The zero-order valence-corrected chi connectivity index (χ0v) is 16.3. The number of nitriles is 1. The Kier molecular flexibility index (Phi) is 5.68. The molecule has 0 N–H and O–H groups in total. The van der Waals surface area contributed by atoms with Crippen molar-refractivity contribution in [2.24, 2.45) is 0 Å². The van der Waals surface area contributed by atoms with Gasteiger partial charge in [-0.05, 0) is 56.7 Å². The minimum absolute atomic E-state index is 0.0196. The van der Waals surface area contributed by atoms with Crippen LogP contribution in [0.5, 0.6) is 5.75 Å². The highest BCUT2D eigenvalue weighted by molar-refractivity contribution is 7.93. The molecule has 25 heavy (non-hydrogen) atoms. The van der Waals surface area contributed by atoms with Gasteiger partial charge in [-0.15, -0.1) is 11.3 Å². The fourth-order valence-corrected chi connectivity index (χ4v) is 5.09. The Morgan fingerprint density at radius 1 is 1.28 bits per heavy atom. The summed E-state index contributed by atoms with van der Waals surface area (Å²) in [7, 11) is -3.88. The van der Waals surface area contributed by atoms with E-state index in [1.807, 2.05) is 6.07 Å². The maximum Gasteiger partial charge on any atom is 0.216 e. The van der Waals surface area contributed by atoms with E-state index in [4.69, 9.17) is 10.00 Å². The van der Waals surface area contributed by atoms with Crippen LogP contribution in [0.15, 0.2) is 39.4 Å². The molecule has 0 bridgehead atoms. The molecule has 0 aliphatic rings. The monoisotopic (exact) mass is 398 g/mol. The van der Waals surface area contributed by atoms with E-state index in [1.54, 1.807) is 20.8 Å². The van der Waals surface area contributed by atoms with Crippen molar-refractivity contribution in [3.63, 3.8) is 0 Å². The van der Waals surface area contributed by atoms with Crippen LogP contribution in [0.25, 0.3) is 0 Å². The van der Waals surface area contributed by atoms with Crippen LogP contribution in [-0.2, 0) is 26.7 Å². The molecule has 1 unspecified atom stereocenters. The lowest BCUT2D eigenvalue weighted by Gasteiger charge is -2.22. The van der Waals surface area contributed by atoms with Gasteiger partial charge in [0.15, 0.2) is 0 Å². The molecule has 2 rings (SSSR count). The summed E-state index contributed by atoms with van der Waals surface area (Å²) < 4.78 is 53.4. The van der Waals surface area contributed by atoms with Gasteiger partial charge in [-0.2, -0.15) is 5.26 Å². The first-order valence-corrected chi connectivity index (χ1v) is 10.7. The van der Waals surface area contributed by atoms with Crippen LogP contribution in [0.4, 0.5) is 0 Å². The van der Waals surface area contributed by atoms with Gasteiger partial charge in [0, 0.05) is 5.75 Å². The van der Waals surface area contributed by atoms with Gasteiger partial charge in [-0.1, -0.05) is 11.1 Å². The summed E-state index contributed by atoms with van der Waals surface area (Å²) in [5, 5.41) is 8.88. The van der Waals surface area contributed by atoms with Gasteiger partial charge in [-0.3, -0.25) is 4.21 Å². The third-order valence-corrected chi connectivity index (χ3v) is 6.70. The average Bonchev–Trinajstić information content (AvgIpc) is 2.94. The molecule has 1 aromatic carbocycles. The van der Waals surface area contributed by atoms with Gasteiger partial charge in [0.25, 0.3) is 0 Å². The molecule has 0 saturated carbocycles. The van der Waals surface area contributed by atoms with Gasteiger partial charge in [-0.25, -0.2) is 8.42 Å². The molecule has 134 valence electrons. The van der Waals surface area contributed by atoms with Crippen LogP contribution in [0.2, 0.25) is 0 Å². The lowest BCUT2D eigenvalue weighted by Crippen LogP contribution is -2.23. The highest BCUT2D eigenvalue weighted by atomic mass is 32.2. The molecule has 9 heteroatoms. The third-order valence-electron chi connectivity index (χ3n) is 2.92. The predicted molar refractivity (Wildman–Crippen MR) is 93.9 cm³/mol. The fraction of sp³-hybridized carbons (Fsp3) is 0.312. The second-order valence-corrected chi connectivity index (χ2v) is 10.4. The molecule has 0 aliphatic heterocycles. The van der Waals surface area contributed by atoms with E-state index >= 15 is 0 Å². The Bertz CT molecular complexity index is 949. The van der Waals surface area contributed by atoms with E-state index in [9.17, 15) is 17.2 Å². The summed E-state index contributed by atoms with van der Waals surface area (Å²) in [5.41, 5.74) is -0.265. The molecule has 0 fully saturated rings. The minimum atomic E-state index is -3.88. The van der Waals surface area contributed by atoms with Crippen LogP contribution in [0, 0.1) is 11.3 Å². The van der Waals surface area contributed by atoms with E-state index in [-0.39, 0.29) is 25.5 Å². The van der Waals surface area contributed by atoms with Crippen LogP contribution in [0.3, 0.4) is 0 Å². The largest absolute Gasteiger partial charge is 0.772 e. The fourth-order valence-electron chi connectivity index (χ4n) is 2.06. The molecule has 0 radical (unpaired) electrons. The Hall–Kier alpha value is -1.73. The highest BCUT2D eigenvalue weighted by Crippen LogP contribution is 2.31. The van der Waals surface area contributed by atoms with Crippen LogP contribution in [0.1, 0.15) is 31.2 Å². The van der Waals surface area contributed by atoms with Gasteiger partial charge in [0.2, 0.25) is 9.84 Å². The molecule has 1 heterocycles. The molecule has 0 spiro atoms. The van der Waals surface area contributed by atoms with Crippen molar-refractivity contribution in [3.8, 4) is 11.8 Å². The Labute approximate surface area is 153 Å². The van der Waals surface area contributed by atoms with Crippen LogP contribution < -0.4 is 4.74 Å². The number of hydrogen-bond donors (Lipinski definition) is 0. The van der Waals surface area contributed by atoms with E-state index in [0.29, 0.717) is 5.56 Å². The van der Waals surface area contributed by atoms with Crippen molar-refractivity contribution in [2.75, 3.05) is 0 Å². The maximum atomic E-state index is 12.8. The first-order chi connectivity index (χ1) is 11.5. The molecule has 1 atom stereocenters. The summed E-state index contributed by atoms with van der Waals surface area (Å²) in [5.74, 6) is -0.0522. The molecule has 6 nitrogen and oxygen atoms in total. The van der Waals surface area contributed by atoms with Gasteiger partial charge >= 0.3 is 0 Å². The Morgan fingerprint density at radius 3 is 2.48 bits per heavy atom. The number of rotatable bonds is 5. The summed E-state index contributed by atoms with van der Waals surface area (Å²) in [4.78, 5) is 0.211.